The molecule has 0 aliphatic carbocycles. The van der Waals surface area contributed by atoms with Crippen molar-refractivity contribution >= 4 is 5.57 Å². The Hall–Kier alpha value is -2.10. The van der Waals surface area contributed by atoms with E-state index in [4.69, 9.17) is 10.5 Å². The fraction of sp³-hybridized carbons (Fsp3) is 0.167. The number of nitriles is 2. The Morgan fingerprint density at radius 1 is 1.27 bits per heavy atom. The number of nitrogens with zero attached hydrogens (tertiary/aromatic N) is 2. The van der Waals surface area contributed by atoms with Crippen LogP contribution < -0.4 is 0 Å². The molecule has 0 saturated heterocycles. The minimum Gasteiger partial charge on any atom is -0.373 e. The van der Waals surface area contributed by atoms with Crippen molar-refractivity contribution in [2.24, 2.45) is 0 Å². The van der Waals surface area contributed by atoms with E-state index in [0.717, 1.165) is 5.56 Å². The van der Waals surface area contributed by atoms with Crippen molar-refractivity contribution in [2.75, 3.05) is 0 Å². The molecule has 0 spiro atoms. The first-order chi connectivity index (χ1) is 7.20. The molecule has 1 N–H and O–H groups in total. The van der Waals surface area contributed by atoms with Crippen LogP contribution in [0.5, 0.6) is 0 Å². The van der Waals surface area contributed by atoms with Crippen LogP contribution in [-0.2, 0) is 0 Å². The Labute approximate surface area is 88.5 Å². The van der Waals surface area contributed by atoms with E-state index < -0.39 is 6.10 Å². The lowest BCUT2D eigenvalue weighted by atomic mass is 9.99. The second-order valence-electron chi connectivity index (χ2n) is 3.05. The first-order valence-corrected chi connectivity index (χ1v) is 4.44. The fourth-order valence-corrected chi connectivity index (χ4v) is 1.26. The third-order valence-electron chi connectivity index (χ3n) is 2.13. The molecule has 1 rings (SSSR count). The summed E-state index contributed by atoms with van der Waals surface area (Å²) in [5, 5.41) is 26.7. The second-order valence-corrected chi connectivity index (χ2v) is 3.05. The highest BCUT2D eigenvalue weighted by Gasteiger charge is 2.13. The molecule has 0 fully saturated rings. The Morgan fingerprint density at radius 2 is 1.87 bits per heavy atom. The molecule has 3 nitrogen and oxygen atoms in total. The Morgan fingerprint density at radius 3 is 2.33 bits per heavy atom. The first kappa shape index (κ1) is 11.0. The lowest BCUT2D eigenvalue weighted by Gasteiger charge is -2.06. The zero-order valence-corrected chi connectivity index (χ0v) is 8.31. The van der Waals surface area contributed by atoms with Crippen LogP contribution in [0.25, 0.3) is 5.57 Å². The maximum absolute atomic E-state index is 9.31. The summed E-state index contributed by atoms with van der Waals surface area (Å²) in [6.07, 6.45) is -1.35. The van der Waals surface area contributed by atoms with Crippen molar-refractivity contribution < 1.29 is 5.11 Å². The molecule has 0 aliphatic rings. The van der Waals surface area contributed by atoms with E-state index >= 15 is 0 Å². The predicted molar refractivity (Wildman–Crippen MR) is 56.3 cm³/mol. The molecule has 3 heteroatoms. The van der Waals surface area contributed by atoms with Gasteiger partial charge < -0.3 is 5.11 Å². The quantitative estimate of drug-likeness (QED) is 0.582. The standard InChI is InChI=1S/C12H10N2O/c1-9(10-5-3-2-4-6-10)11(7-13)12(15)8-14/h2-6,12,15H,1H3/b11-9+. The van der Waals surface area contributed by atoms with E-state index in [0.29, 0.717) is 5.57 Å². The van der Waals surface area contributed by atoms with E-state index in [1.807, 2.05) is 36.4 Å². The largest absolute Gasteiger partial charge is 0.373 e. The summed E-state index contributed by atoms with van der Waals surface area (Å²) < 4.78 is 0. The van der Waals surface area contributed by atoms with Gasteiger partial charge in [0.1, 0.15) is 0 Å². The highest BCUT2D eigenvalue weighted by atomic mass is 16.3. The summed E-state index contributed by atoms with van der Waals surface area (Å²) in [5.41, 5.74) is 1.57. The van der Waals surface area contributed by atoms with Crippen LogP contribution in [0.15, 0.2) is 35.9 Å². The Kier molecular flexibility index (Phi) is 3.62. The predicted octanol–water partition coefficient (Wildman–Crippen LogP) is 1.87. The van der Waals surface area contributed by atoms with Gasteiger partial charge in [0.25, 0.3) is 0 Å². The van der Waals surface area contributed by atoms with Crippen molar-refractivity contribution in [1.29, 1.82) is 10.5 Å². The van der Waals surface area contributed by atoms with Crippen LogP contribution in [0.1, 0.15) is 12.5 Å². The molecule has 1 aromatic carbocycles. The molecule has 0 bridgehead atoms. The van der Waals surface area contributed by atoms with Gasteiger partial charge in [0, 0.05) is 0 Å². The molecule has 1 unspecified atom stereocenters. The highest BCUT2D eigenvalue weighted by molar-refractivity contribution is 5.71. The van der Waals surface area contributed by atoms with Crippen LogP contribution in [0.4, 0.5) is 0 Å². The number of aliphatic hydroxyl groups is 1. The number of allylic oxidation sites excluding steroid dienone is 1. The van der Waals surface area contributed by atoms with Crippen molar-refractivity contribution in [3.63, 3.8) is 0 Å². The van der Waals surface area contributed by atoms with E-state index in [9.17, 15) is 5.11 Å². The van der Waals surface area contributed by atoms with Gasteiger partial charge in [-0.1, -0.05) is 30.3 Å². The summed E-state index contributed by atoms with van der Waals surface area (Å²) in [6, 6.07) is 12.7. The van der Waals surface area contributed by atoms with Crippen molar-refractivity contribution in [3.8, 4) is 12.1 Å². The number of hydrogen-bond donors (Lipinski definition) is 1. The van der Waals surface area contributed by atoms with Gasteiger partial charge >= 0.3 is 0 Å². The van der Waals surface area contributed by atoms with Crippen LogP contribution in [0.3, 0.4) is 0 Å². The zero-order valence-electron chi connectivity index (χ0n) is 8.31. The molecule has 0 amide bonds. The Bertz CT molecular complexity index is 449. The lowest BCUT2D eigenvalue weighted by molar-refractivity contribution is 0.271. The molecule has 74 valence electrons. The van der Waals surface area contributed by atoms with Gasteiger partial charge in [0.15, 0.2) is 6.10 Å². The maximum Gasteiger partial charge on any atom is 0.176 e. The number of benzene rings is 1. The molecule has 0 aliphatic heterocycles. The summed E-state index contributed by atoms with van der Waals surface area (Å²) in [6.45, 7) is 1.72. The summed E-state index contributed by atoms with van der Waals surface area (Å²) in [5.74, 6) is 0. The topological polar surface area (TPSA) is 67.8 Å². The van der Waals surface area contributed by atoms with Gasteiger partial charge in [0.2, 0.25) is 0 Å². The van der Waals surface area contributed by atoms with Crippen molar-refractivity contribution in [3.05, 3.63) is 41.5 Å². The molecule has 0 aromatic heterocycles. The third kappa shape index (κ3) is 2.43. The van der Waals surface area contributed by atoms with Crippen molar-refractivity contribution in [2.45, 2.75) is 13.0 Å². The lowest BCUT2D eigenvalue weighted by Crippen LogP contribution is -2.07. The van der Waals surface area contributed by atoms with Gasteiger partial charge in [-0.3, -0.25) is 0 Å². The molecular formula is C12H10N2O. The van der Waals surface area contributed by atoms with Gasteiger partial charge in [-0.25, -0.2) is 0 Å². The maximum atomic E-state index is 9.31. The highest BCUT2D eigenvalue weighted by Crippen LogP contribution is 2.19. The van der Waals surface area contributed by atoms with Gasteiger partial charge in [-0.05, 0) is 18.1 Å². The molecule has 0 heterocycles. The molecule has 0 radical (unpaired) electrons. The van der Waals surface area contributed by atoms with E-state index in [-0.39, 0.29) is 5.57 Å². The smallest absolute Gasteiger partial charge is 0.176 e. The minimum absolute atomic E-state index is 0.101. The molecular weight excluding hydrogens is 188 g/mol. The average Bonchev–Trinajstić information content (AvgIpc) is 2.30. The number of rotatable bonds is 2. The molecule has 15 heavy (non-hydrogen) atoms. The SMILES string of the molecule is C/C(=C(/C#N)C(O)C#N)c1ccccc1. The number of aliphatic hydroxyl groups excluding tert-OH is 1. The van der Waals surface area contributed by atoms with E-state index in [2.05, 4.69) is 0 Å². The Balaban J connectivity index is 3.21. The average molecular weight is 198 g/mol. The second kappa shape index (κ2) is 4.95. The molecule has 0 saturated carbocycles. The van der Waals surface area contributed by atoms with E-state index in [1.54, 1.807) is 13.0 Å². The summed E-state index contributed by atoms with van der Waals surface area (Å²) in [7, 11) is 0. The van der Waals surface area contributed by atoms with Crippen LogP contribution in [-0.4, -0.2) is 11.2 Å². The number of hydrogen-bond acceptors (Lipinski definition) is 3. The van der Waals surface area contributed by atoms with Gasteiger partial charge in [-0.2, -0.15) is 10.5 Å². The summed E-state index contributed by atoms with van der Waals surface area (Å²) >= 11 is 0. The van der Waals surface area contributed by atoms with Crippen LogP contribution >= 0.6 is 0 Å². The van der Waals surface area contributed by atoms with Crippen LogP contribution in [0.2, 0.25) is 0 Å². The van der Waals surface area contributed by atoms with Crippen molar-refractivity contribution in [1.82, 2.24) is 0 Å². The monoisotopic (exact) mass is 198 g/mol. The van der Waals surface area contributed by atoms with Gasteiger partial charge in [0.05, 0.1) is 17.7 Å². The fourth-order valence-electron chi connectivity index (χ4n) is 1.26. The third-order valence-corrected chi connectivity index (χ3v) is 2.13. The minimum atomic E-state index is -1.35. The molecule has 1 atom stereocenters. The van der Waals surface area contributed by atoms with E-state index in [1.165, 1.54) is 0 Å². The summed E-state index contributed by atoms with van der Waals surface area (Å²) in [4.78, 5) is 0. The first-order valence-electron chi connectivity index (χ1n) is 4.44. The zero-order chi connectivity index (χ0) is 11.3. The van der Waals surface area contributed by atoms with Crippen LogP contribution in [0, 0.1) is 22.7 Å². The van der Waals surface area contributed by atoms with Gasteiger partial charge in [-0.15, -0.1) is 0 Å². The molecule has 1 aromatic rings. The normalized spacial score (nSPS) is 13.3.